The predicted molar refractivity (Wildman–Crippen MR) is 94.5 cm³/mol. The van der Waals surface area contributed by atoms with E-state index in [1.54, 1.807) is 6.92 Å². The van der Waals surface area contributed by atoms with Crippen LogP contribution < -0.4 is 5.32 Å². The van der Waals surface area contributed by atoms with Crippen molar-refractivity contribution in [2.45, 2.75) is 38.0 Å². The first-order chi connectivity index (χ1) is 12.8. The largest absolute Gasteiger partial charge is 0.351 e. The normalized spacial score (nSPS) is 15.5. The Morgan fingerprint density at radius 2 is 1.93 bits per heavy atom. The first-order valence-electron chi connectivity index (χ1n) is 8.68. The molecule has 1 aromatic heterocycles. The molecule has 1 aliphatic carbocycles. The SMILES string of the molecule is Cc1ncc([N+](=O)[O-])cc1C(=O)NCC1(c2c(F)cccc2F)CCCC1. The van der Waals surface area contributed by atoms with Gasteiger partial charge in [-0.1, -0.05) is 18.9 Å². The van der Waals surface area contributed by atoms with Crippen molar-refractivity contribution in [2.24, 2.45) is 0 Å². The van der Waals surface area contributed by atoms with E-state index in [1.165, 1.54) is 18.2 Å². The number of amides is 1. The number of nitrogens with zero attached hydrogens (tertiary/aromatic N) is 2. The first kappa shape index (κ1) is 18.9. The van der Waals surface area contributed by atoms with Gasteiger partial charge in [0.2, 0.25) is 0 Å². The molecule has 0 aliphatic heterocycles. The van der Waals surface area contributed by atoms with Gasteiger partial charge in [0, 0.05) is 23.6 Å². The van der Waals surface area contributed by atoms with Gasteiger partial charge in [0.25, 0.3) is 11.6 Å². The van der Waals surface area contributed by atoms with E-state index in [1.807, 2.05) is 0 Å². The van der Waals surface area contributed by atoms with Gasteiger partial charge >= 0.3 is 0 Å². The van der Waals surface area contributed by atoms with Crippen LogP contribution in [0.25, 0.3) is 0 Å². The zero-order valence-corrected chi connectivity index (χ0v) is 14.8. The molecule has 27 heavy (non-hydrogen) atoms. The molecule has 1 N–H and O–H groups in total. The molecule has 8 heteroatoms. The van der Waals surface area contributed by atoms with Crippen molar-refractivity contribution in [3.63, 3.8) is 0 Å². The Bertz CT molecular complexity index is 876. The quantitative estimate of drug-likeness (QED) is 0.636. The summed E-state index contributed by atoms with van der Waals surface area (Å²) in [4.78, 5) is 26.7. The zero-order valence-electron chi connectivity index (χ0n) is 14.8. The minimum Gasteiger partial charge on any atom is -0.351 e. The van der Waals surface area contributed by atoms with E-state index in [0.29, 0.717) is 18.5 Å². The second-order valence-electron chi connectivity index (χ2n) is 6.85. The molecule has 1 saturated carbocycles. The number of nitrogens with one attached hydrogen (secondary N) is 1. The molecular formula is C19H19F2N3O3. The fraction of sp³-hybridized carbons (Fsp3) is 0.368. The highest BCUT2D eigenvalue weighted by Crippen LogP contribution is 2.42. The molecule has 0 saturated heterocycles. The average Bonchev–Trinajstić information content (AvgIpc) is 3.09. The molecular weight excluding hydrogens is 356 g/mol. The van der Waals surface area contributed by atoms with E-state index in [9.17, 15) is 23.7 Å². The number of aromatic nitrogens is 1. The zero-order chi connectivity index (χ0) is 19.6. The summed E-state index contributed by atoms with van der Waals surface area (Å²) in [6.45, 7) is 1.62. The van der Waals surface area contributed by atoms with E-state index < -0.39 is 27.9 Å². The maximum atomic E-state index is 14.4. The summed E-state index contributed by atoms with van der Waals surface area (Å²) in [6.07, 6.45) is 3.80. The smallest absolute Gasteiger partial charge is 0.288 e. The summed E-state index contributed by atoms with van der Waals surface area (Å²) in [5.41, 5.74) is -0.701. The number of carbonyl (C=O) groups excluding carboxylic acids is 1. The highest BCUT2D eigenvalue weighted by Gasteiger charge is 2.40. The van der Waals surface area contributed by atoms with Crippen LogP contribution in [0.5, 0.6) is 0 Å². The molecule has 1 amide bonds. The molecule has 3 rings (SSSR count). The lowest BCUT2D eigenvalue weighted by atomic mass is 9.78. The lowest BCUT2D eigenvalue weighted by molar-refractivity contribution is -0.385. The molecule has 0 unspecified atom stereocenters. The predicted octanol–water partition coefficient (Wildman–Crippen LogP) is 3.82. The summed E-state index contributed by atoms with van der Waals surface area (Å²) in [5.74, 6) is -1.80. The van der Waals surface area contributed by atoms with Gasteiger partial charge in [-0.05, 0) is 31.9 Å². The van der Waals surface area contributed by atoms with Gasteiger partial charge in [-0.3, -0.25) is 19.9 Å². The second kappa shape index (κ2) is 7.38. The van der Waals surface area contributed by atoms with Crippen LogP contribution in [0.2, 0.25) is 0 Å². The monoisotopic (exact) mass is 375 g/mol. The van der Waals surface area contributed by atoms with Crippen LogP contribution in [0.1, 0.15) is 47.3 Å². The summed E-state index contributed by atoms with van der Waals surface area (Å²) in [7, 11) is 0. The molecule has 1 aliphatic rings. The molecule has 1 aromatic carbocycles. The lowest BCUT2D eigenvalue weighted by Crippen LogP contribution is -2.40. The van der Waals surface area contributed by atoms with Gasteiger partial charge < -0.3 is 5.32 Å². The standard InChI is InChI=1S/C19H19F2N3O3/c1-12-14(9-13(10-22-12)24(26)27)18(25)23-11-19(7-2-3-8-19)17-15(20)5-4-6-16(17)21/h4-6,9-10H,2-3,7-8,11H2,1H3,(H,23,25). The average molecular weight is 375 g/mol. The Kier molecular flexibility index (Phi) is 5.16. The molecule has 2 aromatic rings. The van der Waals surface area contributed by atoms with Crippen molar-refractivity contribution in [3.8, 4) is 0 Å². The van der Waals surface area contributed by atoms with E-state index >= 15 is 0 Å². The third-order valence-corrected chi connectivity index (χ3v) is 5.17. The molecule has 0 atom stereocenters. The van der Waals surface area contributed by atoms with Crippen molar-refractivity contribution in [1.29, 1.82) is 0 Å². The summed E-state index contributed by atoms with van der Waals surface area (Å²) >= 11 is 0. The molecule has 0 radical (unpaired) electrons. The topological polar surface area (TPSA) is 85.1 Å². The minimum absolute atomic E-state index is 0.00307. The molecule has 0 bridgehead atoms. The molecule has 1 heterocycles. The Hall–Kier alpha value is -2.90. The number of carbonyl (C=O) groups is 1. The van der Waals surface area contributed by atoms with Crippen molar-refractivity contribution >= 4 is 11.6 Å². The number of halogens is 2. The van der Waals surface area contributed by atoms with Gasteiger partial charge in [-0.15, -0.1) is 0 Å². The van der Waals surface area contributed by atoms with Gasteiger partial charge in [0.05, 0.1) is 16.2 Å². The first-order valence-corrected chi connectivity index (χ1v) is 8.68. The maximum Gasteiger partial charge on any atom is 0.288 e. The van der Waals surface area contributed by atoms with Crippen molar-refractivity contribution < 1.29 is 18.5 Å². The van der Waals surface area contributed by atoms with Crippen LogP contribution in [-0.2, 0) is 5.41 Å². The van der Waals surface area contributed by atoms with E-state index in [0.717, 1.165) is 25.1 Å². The number of hydrogen-bond acceptors (Lipinski definition) is 4. The fourth-order valence-electron chi connectivity index (χ4n) is 3.77. The maximum absolute atomic E-state index is 14.4. The number of aryl methyl sites for hydroxylation is 1. The van der Waals surface area contributed by atoms with Gasteiger partial charge in [0.15, 0.2) is 0 Å². The van der Waals surface area contributed by atoms with Crippen LogP contribution >= 0.6 is 0 Å². The van der Waals surface area contributed by atoms with Crippen molar-refractivity contribution in [1.82, 2.24) is 10.3 Å². The van der Waals surface area contributed by atoms with E-state index in [4.69, 9.17) is 0 Å². The summed E-state index contributed by atoms with van der Waals surface area (Å²) in [5, 5.41) is 13.6. The Morgan fingerprint density at radius 3 is 2.52 bits per heavy atom. The van der Waals surface area contributed by atoms with Crippen molar-refractivity contribution in [2.75, 3.05) is 6.54 Å². The number of pyridine rings is 1. The minimum atomic E-state index is -0.826. The number of hydrogen-bond donors (Lipinski definition) is 1. The third kappa shape index (κ3) is 3.65. The van der Waals surface area contributed by atoms with Gasteiger partial charge in [-0.25, -0.2) is 8.78 Å². The summed E-state index contributed by atoms with van der Waals surface area (Å²) in [6, 6.07) is 4.90. The number of benzene rings is 1. The van der Waals surface area contributed by atoms with Crippen molar-refractivity contribution in [3.05, 3.63) is 69.0 Å². The van der Waals surface area contributed by atoms with Crippen LogP contribution in [0.4, 0.5) is 14.5 Å². The highest BCUT2D eigenvalue weighted by molar-refractivity contribution is 5.95. The van der Waals surface area contributed by atoms with Crippen LogP contribution in [0.15, 0.2) is 30.5 Å². The molecule has 142 valence electrons. The van der Waals surface area contributed by atoms with Crippen LogP contribution in [0, 0.1) is 28.7 Å². The van der Waals surface area contributed by atoms with Crippen LogP contribution in [-0.4, -0.2) is 22.4 Å². The molecule has 0 spiro atoms. The second-order valence-corrected chi connectivity index (χ2v) is 6.85. The Labute approximate surface area is 154 Å². The van der Waals surface area contributed by atoms with E-state index in [2.05, 4.69) is 10.3 Å². The summed E-state index contributed by atoms with van der Waals surface area (Å²) < 4.78 is 28.7. The fourth-order valence-corrected chi connectivity index (χ4v) is 3.77. The van der Waals surface area contributed by atoms with E-state index in [-0.39, 0.29) is 23.4 Å². The van der Waals surface area contributed by atoms with Gasteiger partial charge in [-0.2, -0.15) is 0 Å². The lowest BCUT2D eigenvalue weighted by Gasteiger charge is -2.30. The highest BCUT2D eigenvalue weighted by atomic mass is 19.1. The third-order valence-electron chi connectivity index (χ3n) is 5.17. The molecule has 1 fully saturated rings. The number of nitro groups is 1. The molecule has 6 nitrogen and oxygen atoms in total. The van der Waals surface area contributed by atoms with Gasteiger partial charge in [0.1, 0.15) is 17.8 Å². The Morgan fingerprint density at radius 1 is 1.30 bits per heavy atom. The number of rotatable bonds is 5. The Balaban J connectivity index is 1.87. The van der Waals surface area contributed by atoms with Crippen LogP contribution in [0.3, 0.4) is 0 Å².